The Balaban J connectivity index is 3.53. The van der Waals surface area contributed by atoms with Crippen LogP contribution in [-0.2, 0) is 0 Å². The van der Waals surface area contributed by atoms with E-state index in [1.54, 1.807) is 0 Å². The van der Waals surface area contributed by atoms with Crippen molar-refractivity contribution < 1.29 is 0 Å². The second kappa shape index (κ2) is 7.37. The second-order valence-corrected chi connectivity index (χ2v) is 4.65. The smallest absolute Gasteiger partial charge is 0.00415 e. The summed E-state index contributed by atoms with van der Waals surface area (Å²) in [6, 6.07) is 0.437. The number of nitrogens with two attached hydrogens (primary N) is 1. The Labute approximate surface area is 84.1 Å². The van der Waals surface area contributed by atoms with Gasteiger partial charge in [-0.15, -0.1) is 0 Å². The van der Waals surface area contributed by atoms with E-state index in [0.29, 0.717) is 6.04 Å². The molecule has 0 bridgehead atoms. The summed E-state index contributed by atoms with van der Waals surface area (Å²) >= 11 is 0. The van der Waals surface area contributed by atoms with Crippen molar-refractivity contribution >= 4 is 0 Å². The fourth-order valence-electron chi connectivity index (χ4n) is 1.72. The maximum atomic E-state index is 6.07. The monoisotopic (exact) mass is 185 g/mol. The van der Waals surface area contributed by atoms with Crippen LogP contribution in [0.5, 0.6) is 0 Å². The highest BCUT2D eigenvalue weighted by Crippen LogP contribution is 2.17. The number of hydrogen-bond donors (Lipinski definition) is 1. The largest absolute Gasteiger partial charge is 0.328 e. The van der Waals surface area contributed by atoms with Crippen LogP contribution in [0.4, 0.5) is 0 Å². The van der Waals surface area contributed by atoms with Gasteiger partial charge in [0.25, 0.3) is 0 Å². The molecule has 0 aliphatic rings. The molecule has 0 aromatic heterocycles. The highest BCUT2D eigenvalue weighted by molar-refractivity contribution is 4.67. The van der Waals surface area contributed by atoms with Crippen LogP contribution in [0.3, 0.4) is 0 Å². The van der Waals surface area contributed by atoms with Crippen molar-refractivity contribution in [1.82, 2.24) is 0 Å². The molecule has 0 saturated carbocycles. The van der Waals surface area contributed by atoms with Crippen LogP contribution in [0.2, 0.25) is 0 Å². The first-order chi connectivity index (χ1) is 6.10. The Morgan fingerprint density at radius 2 is 1.54 bits per heavy atom. The van der Waals surface area contributed by atoms with Gasteiger partial charge in [0.15, 0.2) is 0 Å². The SMILES string of the molecule is CCC(CC)CC(N)CCC(C)C. The van der Waals surface area contributed by atoms with Crippen molar-refractivity contribution in [1.29, 1.82) is 0 Å². The molecule has 0 aromatic rings. The predicted octanol–water partition coefficient (Wildman–Crippen LogP) is 3.58. The van der Waals surface area contributed by atoms with E-state index in [0.717, 1.165) is 11.8 Å². The van der Waals surface area contributed by atoms with Gasteiger partial charge in [-0.2, -0.15) is 0 Å². The molecule has 0 radical (unpaired) electrons. The zero-order valence-corrected chi connectivity index (χ0v) is 9.84. The van der Waals surface area contributed by atoms with Gasteiger partial charge in [0.1, 0.15) is 0 Å². The minimum absolute atomic E-state index is 0.437. The average molecular weight is 185 g/mol. The lowest BCUT2D eigenvalue weighted by Crippen LogP contribution is -2.23. The Hall–Kier alpha value is -0.0400. The molecule has 0 aliphatic carbocycles. The summed E-state index contributed by atoms with van der Waals surface area (Å²) in [6.45, 7) is 9.07. The van der Waals surface area contributed by atoms with Gasteiger partial charge in [0, 0.05) is 6.04 Å². The molecule has 0 heterocycles. The average Bonchev–Trinajstić information content (AvgIpc) is 2.10. The fourth-order valence-corrected chi connectivity index (χ4v) is 1.72. The Bertz CT molecular complexity index is 106. The van der Waals surface area contributed by atoms with Gasteiger partial charge >= 0.3 is 0 Å². The maximum Gasteiger partial charge on any atom is 0.00415 e. The maximum absolute atomic E-state index is 6.07. The second-order valence-electron chi connectivity index (χ2n) is 4.65. The third-order valence-corrected chi connectivity index (χ3v) is 2.91. The van der Waals surface area contributed by atoms with Gasteiger partial charge in [-0.25, -0.2) is 0 Å². The summed E-state index contributed by atoms with van der Waals surface area (Å²) in [7, 11) is 0. The van der Waals surface area contributed by atoms with Gasteiger partial charge in [-0.05, 0) is 31.1 Å². The first kappa shape index (κ1) is 13.0. The normalized spacial score (nSPS) is 14.1. The van der Waals surface area contributed by atoms with Crippen molar-refractivity contribution in [3.63, 3.8) is 0 Å². The van der Waals surface area contributed by atoms with Crippen molar-refractivity contribution in [3.05, 3.63) is 0 Å². The third-order valence-electron chi connectivity index (χ3n) is 2.91. The summed E-state index contributed by atoms with van der Waals surface area (Å²) in [5, 5.41) is 0. The molecule has 2 N–H and O–H groups in total. The van der Waals surface area contributed by atoms with Crippen molar-refractivity contribution in [3.8, 4) is 0 Å². The number of hydrogen-bond acceptors (Lipinski definition) is 1. The molecule has 1 heteroatoms. The van der Waals surface area contributed by atoms with E-state index in [4.69, 9.17) is 5.73 Å². The molecule has 0 fully saturated rings. The van der Waals surface area contributed by atoms with E-state index < -0.39 is 0 Å². The van der Waals surface area contributed by atoms with Crippen molar-refractivity contribution in [2.75, 3.05) is 0 Å². The molecule has 0 spiro atoms. The van der Waals surface area contributed by atoms with Crippen LogP contribution in [0, 0.1) is 11.8 Å². The van der Waals surface area contributed by atoms with E-state index in [1.807, 2.05) is 0 Å². The van der Waals surface area contributed by atoms with Gasteiger partial charge < -0.3 is 5.73 Å². The van der Waals surface area contributed by atoms with Crippen LogP contribution in [-0.4, -0.2) is 6.04 Å². The molecule has 0 saturated heterocycles. The molecular weight excluding hydrogens is 158 g/mol. The van der Waals surface area contributed by atoms with Crippen molar-refractivity contribution in [2.24, 2.45) is 17.6 Å². The van der Waals surface area contributed by atoms with Crippen LogP contribution < -0.4 is 5.73 Å². The first-order valence-corrected chi connectivity index (χ1v) is 5.85. The van der Waals surface area contributed by atoms with Crippen LogP contribution >= 0.6 is 0 Å². The van der Waals surface area contributed by atoms with Gasteiger partial charge in [-0.3, -0.25) is 0 Å². The lowest BCUT2D eigenvalue weighted by atomic mass is 9.92. The molecule has 0 aliphatic heterocycles. The minimum atomic E-state index is 0.437. The quantitative estimate of drug-likeness (QED) is 0.644. The third kappa shape index (κ3) is 7.06. The highest BCUT2D eigenvalue weighted by Gasteiger charge is 2.10. The van der Waals surface area contributed by atoms with E-state index in [9.17, 15) is 0 Å². The predicted molar refractivity (Wildman–Crippen MR) is 60.7 cm³/mol. The van der Waals surface area contributed by atoms with Gasteiger partial charge in [0.2, 0.25) is 0 Å². The topological polar surface area (TPSA) is 26.0 Å². The van der Waals surface area contributed by atoms with E-state index in [1.165, 1.54) is 32.1 Å². The zero-order chi connectivity index (χ0) is 10.3. The van der Waals surface area contributed by atoms with Crippen LogP contribution in [0.25, 0.3) is 0 Å². The molecule has 80 valence electrons. The molecule has 1 unspecified atom stereocenters. The van der Waals surface area contributed by atoms with E-state index >= 15 is 0 Å². The molecular formula is C12H27N. The summed E-state index contributed by atoms with van der Waals surface area (Å²) in [5.74, 6) is 1.65. The summed E-state index contributed by atoms with van der Waals surface area (Å²) in [6.07, 6.45) is 6.27. The Morgan fingerprint density at radius 1 is 1.00 bits per heavy atom. The van der Waals surface area contributed by atoms with E-state index in [-0.39, 0.29) is 0 Å². The van der Waals surface area contributed by atoms with Crippen LogP contribution in [0.1, 0.15) is 59.8 Å². The summed E-state index contributed by atoms with van der Waals surface area (Å²) in [4.78, 5) is 0. The number of rotatable bonds is 7. The lowest BCUT2D eigenvalue weighted by molar-refractivity contribution is 0.379. The lowest BCUT2D eigenvalue weighted by Gasteiger charge is -2.18. The summed E-state index contributed by atoms with van der Waals surface area (Å²) < 4.78 is 0. The summed E-state index contributed by atoms with van der Waals surface area (Å²) in [5.41, 5.74) is 6.07. The molecule has 0 rings (SSSR count). The molecule has 1 atom stereocenters. The highest BCUT2D eigenvalue weighted by atomic mass is 14.6. The fraction of sp³-hybridized carbons (Fsp3) is 1.00. The molecule has 0 aromatic carbocycles. The molecule has 0 amide bonds. The van der Waals surface area contributed by atoms with E-state index in [2.05, 4.69) is 27.7 Å². The zero-order valence-electron chi connectivity index (χ0n) is 9.84. The standard InChI is InChI=1S/C12H27N/c1-5-11(6-2)9-12(13)8-7-10(3)4/h10-12H,5-9,13H2,1-4H3. The molecule has 1 nitrogen and oxygen atoms in total. The van der Waals surface area contributed by atoms with Crippen molar-refractivity contribution in [2.45, 2.75) is 65.8 Å². The Kier molecular flexibility index (Phi) is 7.35. The molecule has 13 heavy (non-hydrogen) atoms. The first-order valence-electron chi connectivity index (χ1n) is 5.85. The van der Waals surface area contributed by atoms with Crippen LogP contribution in [0.15, 0.2) is 0 Å². The van der Waals surface area contributed by atoms with Gasteiger partial charge in [-0.1, -0.05) is 40.5 Å². The Morgan fingerprint density at radius 3 is 1.92 bits per heavy atom. The minimum Gasteiger partial charge on any atom is -0.328 e. The van der Waals surface area contributed by atoms with Gasteiger partial charge in [0.05, 0.1) is 0 Å².